The van der Waals surface area contributed by atoms with Crippen LogP contribution in [0.3, 0.4) is 0 Å². The first-order chi connectivity index (χ1) is 12.7. The van der Waals surface area contributed by atoms with Crippen molar-refractivity contribution >= 4 is 29.9 Å². The smallest absolute Gasteiger partial charge is 0.191 e. The van der Waals surface area contributed by atoms with Crippen LogP contribution in [0.25, 0.3) is 0 Å². The van der Waals surface area contributed by atoms with Crippen molar-refractivity contribution in [2.75, 3.05) is 54.1 Å². The Balaban J connectivity index is 0.00000364. The van der Waals surface area contributed by atoms with Gasteiger partial charge in [-0.1, -0.05) is 12.1 Å². The minimum absolute atomic E-state index is 0. The monoisotopic (exact) mass is 490 g/mol. The third-order valence-electron chi connectivity index (χ3n) is 4.20. The molecular formula is C20H35IN4O2. The van der Waals surface area contributed by atoms with Gasteiger partial charge in [-0.3, -0.25) is 4.99 Å². The zero-order valence-electron chi connectivity index (χ0n) is 16.9. The van der Waals surface area contributed by atoms with Gasteiger partial charge in [-0.15, -0.1) is 24.0 Å². The number of nitrogens with zero attached hydrogens (tertiary/aromatic N) is 2. The van der Waals surface area contributed by atoms with Gasteiger partial charge in [0.1, 0.15) is 12.4 Å². The van der Waals surface area contributed by atoms with Gasteiger partial charge >= 0.3 is 0 Å². The van der Waals surface area contributed by atoms with E-state index in [1.807, 2.05) is 26.2 Å². The molecule has 6 nitrogen and oxygen atoms in total. The molecule has 1 aromatic rings. The lowest BCUT2D eigenvalue weighted by Crippen LogP contribution is -2.37. The Morgan fingerprint density at radius 1 is 1.22 bits per heavy atom. The maximum absolute atomic E-state index is 5.79. The number of guanidine groups is 1. The van der Waals surface area contributed by atoms with Crippen molar-refractivity contribution in [2.24, 2.45) is 10.9 Å². The van der Waals surface area contributed by atoms with Crippen LogP contribution in [0, 0.1) is 5.92 Å². The van der Waals surface area contributed by atoms with Gasteiger partial charge in [0.05, 0.1) is 0 Å². The zero-order valence-corrected chi connectivity index (χ0v) is 19.2. The van der Waals surface area contributed by atoms with Crippen LogP contribution in [-0.4, -0.2) is 64.9 Å². The van der Waals surface area contributed by atoms with E-state index < -0.39 is 0 Å². The lowest BCUT2D eigenvalue weighted by molar-refractivity contribution is 0.123. The highest BCUT2D eigenvalue weighted by molar-refractivity contribution is 14.0. The highest BCUT2D eigenvalue weighted by atomic mass is 127. The van der Waals surface area contributed by atoms with E-state index in [2.05, 4.69) is 32.7 Å². The molecule has 1 aliphatic carbocycles. The van der Waals surface area contributed by atoms with Crippen LogP contribution in [-0.2, 0) is 11.3 Å². The first-order valence-electron chi connectivity index (χ1n) is 9.56. The van der Waals surface area contributed by atoms with Crippen LogP contribution in [0.1, 0.15) is 24.8 Å². The molecule has 27 heavy (non-hydrogen) atoms. The highest BCUT2D eigenvalue weighted by Gasteiger charge is 2.20. The van der Waals surface area contributed by atoms with E-state index in [9.17, 15) is 0 Å². The van der Waals surface area contributed by atoms with Crippen molar-refractivity contribution in [1.29, 1.82) is 0 Å². The molecule has 1 fully saturated rings. The molecule has 2 rings (SSSR count). The molecule has 1 aromatic carbocycles. The Bertz CT molecular complexity index is 551. The molecule has 0 bridgehead atoms. The summed E-state index contributed by atoms with van der Waals surface area (Å²) in [6, 6.07) is 8.18. The molecule has 0 radical (unpaired) electrons. The van der Waals surface area contributed by atoms with Crippen LogP contribution in [0.2, 0.25) is 0 Å². The third-order valence-corrected chi connectivity index (χ3v) is 4.20. The molecule has 0 atom stereocenters. The van der Waals surface area contributed by atoms with Crippen LogP contribution in [0.4, 0.5) is 0 Å². The van der Waals surface area contributed by atoms with Gasteiger partial charge in [0.25, 0.3) is 0 Å². The number of hydrogen-bond donors (Lipinski definition) is 2. The van der Waals surface area contributed by atoms with E-state index in [-0.39, 0.29) is 24.0 Å². The number of hydrogen-bond acceptors (Lipinski definition) is 4. The Morgan fingerprint density at radius 2 is 2.04 bits per heavy atom. The summed E-state index contributed by atoms with van der Waals surface area (Å²) < 4.78 is 11.4. The van der Waals surface area contributed by atoms with Crippen molar-refractivity contribution in [3.05, 3.63) is 29.8 Å². The predicted molar refractivity (Wildman–Crippen MR) is 122 cm³/mol. The molecule has 1 saturated carbocycles. The lowest BCUT2D eigenvalue weighted by Gasteiger charge is -2.14. The van der Waals surface area contributed by atoms with Crippen molar-refractivity contribution in [2.45, 2.75) is 25.8 Å². The van der Waals surface area contributed by atoms with E-state index >= 15 is 0 Å². The van der Waals surface area contributed by atoms with E-state index in [4.69, 9.17) is 9.47 Å². The van der Waals surface area contributed by atoms with E-state index in [0.717, 1.165) is 50.4 Å². The number of rotatable bonds is 12. The number of likely N-dealkylation sites (N-methyl/N-ethyl adjacent to an activating group) is 1. The van der Waals surface area contributed by atoms with Gasteiger partial charge in [-0.05, 0) is 57.0 Å². The van der Waals surface area contributed by atoms with Gasteiger partial charge in [0, 0.05) is 39.9 Å². The fourth-order valence-corrected chi connectivity index (χ4v) is 2.41. The topological polar surface area (TPSA) is 58.1 Å². The van der Waals surface area contributed by atoms with Gasteiger partial charge in [-0.25, -0.2) is 0 Å². The molecule has 0 heterocycles. The quantitative estimate of drug-likeness (QED) is 0.204. The first kappa shape index (κ1) is 24.0. The fraction of sp³-hybridized carbons (Fsp3) is 0.650. The van der Waals surface area contributed by atoms with Crippen LogP contribution < -0.4 is 15.4 Å². The number of aliphatic imine (C=N–C) groups is 1. The minimum Gasteiger partial charge on any atom is -0.492 e. The van der Waals surface area contributed by atoms with Crippen LogP contribution >= 0.6 is 24.0 Å². The van der Waals surface area contributed by atoms with Crippen LogP contribution in [0.5, 0.6) is 5.75 Å². The van der Waals surface area contributed by atoms with E-state index in [0.29, 0.717) is 13.2 Å². The summed E-state index contributed by atoms with van der Waals surface area (Å²) in [4.78, 5) is 6.38. The maximum atomic E-state index is 5.79. The first-order valence-corrected chi connectivity index (χ1v) is 9.56. The summed E-state index contributed by atoms with van der Waals surface area (Å²) in [6.07, 6.45) is 3.68. The highest BCUT2D eigenvalue weighted by Crippen LogP contribution is 2.28. The van der Waals surface area contributed by atoms with Crippen molar-refractivity contribution in [3.8, 4) is 5.75 Å². The molecule has 0 spiro atoms. The number of halogens is 1. The molecule has 0 amide bonds. The van der Waals surface area contributed by atoms with E-state index in [1.165, 1.54) is 18.4 Å². The summed E-state index contributed by atoms with van der Waals surface area (Å²) in [5.41, 5.74) is 1.17. The third kappa shape index (κ3) is 11.4. The van der Waals surface area contributed by atoms with Crippen molar-refractivity contribution in [1.82, 2.24) is 15.5 Å². The van der Waals surface area contributed by atoms with Crippen molar-refractivity contribution < 1.29 is 9.47 Å². The standard InChI is InChI=1S/C20H34N4O2.HI/c1-21-20(22-10-5-12-25-16-17-8-9-17)23-15-18-6-4-7-19(14-18)26-13-11-24(2)3;/h4,6-7,14,17H,5,8-13,15-16H2,1-3H3,(H2,21,22,23);1H. The predicted octanol–water partition coefficient (Wildman–Crippen LogP) is 2.73. The SMILES string of the molecule is CN=C(NCCCOCC1CC1)NCc1cccc(OCCN(C)C)c1.I. The zero-order chi connectivity index (χ0) is 18.6. The van der Waals surface area contributed by atoms with Gasteiger partial charge in [-0.2, -0.15) is 0 Å². The molecule has 0 aliphatic heterocycles. The summed E-state index contributed by atoms with van der Waals surface area (Å²) >= 11 is 0. The molecule has 7 heteroatoms. The fourth-order valence-electron chi connectivity index (χ4n) is 2.41. The summed E-state index contributed by atoms with van der Waals surface area (Å²) in [5, 5.41) is 6.67. The average molecular weight is 490 g/mol. The van der Waals surface area contributed by atoms with Crippen LogP contribution in [0.15, 0.2) is 29.3 Å². The molecule has 0 unspecified atom stereocenters. The molecular weight excluding hydrogens is 455 g/mol. The number of nitrogens with one attached hydrogen (secondary N) is 2. The summed E-state index contributed by atoms with van der Waals surface area (Å²) in [7, 11) is 5.88. The molecule has 154 valence electrons. The van der Waals surface area contributed by atoms with Gasteiger partial charge in [0.2, 0.25) is 0 Å². The van der Waals surface area contributed by atoms with E-state index in [1.54, 1.807) is 7.05 Å². The second kappa shape index (κ2) is 14.0. The maximum Gasteiger partial charge on any atom is 0.191 e. The average Bonchev–Trinajstić information content (AvgIpc) is 3.45. The second-order valence-corrected chi connectivity index (χ2v) is 7.02. The van der Waals surface area contributed by atoms with Gasteiger partial charge < -0.3 is 25.0 Å². The normalized spacial score (nSPS) is 14.0. The lowest BCUT2D eigenvalue weighted by atomic mass is 10.2. The number of benzene rings is 1. The molecule has 2 N–H and O–H groups in total. The Morgan fingerprint density at radius 3 is 2.74 bits per heavy atom. The molecule has 0 aromatic heterocycles. The molecule has 1 aliphatic rings. The Labute approximate surface area is 181 Å². The minimum atomic E-state index is 0. The molecule has 0 saturated heterocycles. The summed E-state index contributed by atoms with van der Waals surface area (Å²) in [5.74, 6) is 2.55. The van der Waals surface area contributed by atoms with Gasteiger partial charge in [0.15, 0.2) is 5.96 Å². The largest absolute Gasteiger partial charge is 0.492 e. The van der Waals surface area contributed by atoms with Crippen molar-refractivity contribution in [3.63, 3.8) is 0 Å². The Kier molecular flexibility index (Phi) is 12.4. The summed E-state index contributed by atoms with van der Waals surface area (Å²) in [6.45, 7) is 4.91. The number of ether oxygens (including phenoxy) is 2. The Hall–Kier alpha value is -1.06. The second-order valence-electron chi connectivity index (χ2n) is 7.02.